The van der Waals surface area contributed by atoms with Crippen LogP contribution in [0.25, 0.3) is 11.0 Å². The third-order valence-corrected chi connectivity index (χ3v) is 3.88. The van der Waals surface area contributed by atoms with E-state index in [2.05, 4.69) is 25.9 Å². The Bertz CT molecular complexity index is 716. The Balaban J connectivity index is 2.85. The van der Waals surface area contributed by atoms with Gasteiger partial charge in [-0.15, -0.1) is 0 Å². The monoisotopic (exact) mass is 367 g/mol. The van der Waals surface area contributed by atoms with Gasteiger partial charge in [0.2, 0.25) is 0 Å². The molecule has 20 heavy (non-hydrogen) atoms. The van der Waals surface area contributed by atoms with Gasteiger partial charge in [-0.05, 0) is 35.2 Å². The summed E-state index contributed by atoms with van der Waals surface area (Å²) >= 11 is 4.17. The highest BCUT2D eigenvalue weighted by molar-refractivity contribution is 9.10. The van der Waals surface area contributed by atoms with Crippen LogP contribution < -0.4 is 5.56 Å². The van der Waals surface area contributed by atoms with E-state index in [0.29, 0.717) is 15.1 Å². The zero-order chi connectivity index (χ0) is 15.1. The van der Waals surface area contributed by atoms with Gasteiger partial charge < -0.3 is 0 Å². The van der Waals surface area contributed by atoms with Gasteiger partial charge in [-0.1, -0.05) is 11.8 Å². The van der Waals surface area contributed by atoms with Crippen LogP contribution in [0.1, 0.15) is 13.0 Å². The third-order valence-electron chi connectivity index (χ3n) is 2.75. The highest BCUT2D eigenvalue weighted by atomic mass is 79.9. The maximum atomic E-state index is 12.9. The van der Waals surface area contributed by atoms with Crippen LogP contribution in [0.3, 0.4) is 0 Å². The summed E-state index contributed by atoms with van der Waals surface area (Å²) in [5.41, 5.74) is -0.796. The van der Waals surface area contributed by atoms with Crippen LogP contribution in [0.2, 0.25) is 0 Å². The number of thioether (sulfide) groups is 1. The fourth-order valence-corrected chi connectivity index (χ4v) is 2.45. The lowest BCUT2D eigenvalue weighted by molar-refractivity contribution is -0.162. The average molecular weight is 368 g/mol. The van der Waals surface area contributed by atoms with Crippen molar-refractivity contribution in [2.24, 2.45) is 0 Å². The number of aromatic nitrogens is 3. The largest absolute Gasteiger partial charge is 0.409 e. The van der Waals surface area contributed by atoms with Crippen LogP contribution in [0, 0.1) is 0 Å². The second kappa shape index (κ2) is 5.36. The molecule has 2 aromatic heterocycles. The summed E-state index contributed by atoms with van der Waals surface area (Å²) in [5.74, 6) is 0. The fourth-order valence-electron chi connectivity index (χ4n) is 1.67. The van der Waals surface area contributed by atoms with Crippen molar-refractivity contribution in [2.45, 2.75) is 24.3 Å². The standard InChI is InChI=1S/C11H9BrF3N3OS/c1-5(11(13,14)15)18-8-6(3-7(12)9(18)19)4-16-10(17-8)20-2/h3-5H,1-2H3. The summed E-state index contributed by atoms with van der Waals surface area (Å²) in [4.78, 5) is 20.0. The second-order valence-electron chi connectivity index (χ2n) is 4.02. The fraction of sp³-hybridized carbons (Fsp3) is 0.364. The Hall–Kier alpha value is -1.09. The molecule has 108 valence electrons. The quantitative estimate of drug-likeness (QED) is 0.602. The number of pyridine rings is 1. The number of fused-ring (bicyclic) bond motifs is 1. The van der Waals surface area contributed by atoms with E-state index in [-0.39, 0.29) is 10.1 Å². The highest BCUT2D eigenvalue weighted by Gasteiger charge is 2.39. The molecular formula is C11H9BrF3N3OS. The maximum absolute atomic E-state index is 12.9. The molecule has 1 atom stereocenters. The minimum atomic E-state index is -4.54. The SMILES string of the molecule is CSc1ncc2cc(Br)c(=O)n(C(C)C(F)(F)F)c2n1. The predicted molar refractivity (Wildman–Crippen MR) is 74.0 cm³/mol. The Morgan fingerprint density at radius 1 is 1.45 bits per heavy atom. The molecule has 2 rings (SSSR count). The van der Waals surface area contributed by atoms with E-state index in [4.69, 9.17) is 0 Å². The lowest BCUT2D eigenvalue weighted by Crippen LogP contribution is -2.33. The molecule has 0 N–H and O–H groups in total. The van der Waals surface area contributed by atoms with Gasteiger partial charge in [-0.2, -0.15) is 13.2 Å². The molecule has 2 aromatic rings. The Kier molecular flexibility index (Phi) is 4.10. The molecule has 0 saturated carbocycles. The van der Waals surface area contributed by atoms with Crippen molar-refractivity contribution in [1.82, 2.24) is 14.5 Å². The summed E-state index contributed by atoms with van der Waals surface area (Å²) in [7, 11) is 0. The molecule has 0 saturated heterocycles. The lowest BCUT2D eigenvalue weighted by Gasteiger charge is -2.20. The van der Waals surface area contributed by atoms with Gasteiger partial charge in [0.25, 0.3) is 5.56 Å². The molecular weight excluding hydrogens is 359 g/mol. The molecule has 0 aliphatic carbocycles. The van der Waals surface area contributed by atoms with Gasteiger partial charge in [-0.3, -0.25) is 9.36 Å². The van der Waals surface area contributed by atoms with E-state index in [1.54, 1.807) is 6.26 Å². The summed E-state index contributed by atoms with van der Waals surface area (Å²) in [6.07, 6.45) is -1.43. The van der Waals surface area contributed by atoms with E-state index < -0.39 is 17.8 Å². The van der Waals surface area contributed by atoms with Gasteiger partial charge >= 0.3 is 6.18 Å². The molecule has 1 unspecified atom stereocenters. The molecule has 4 nitrogen and oxygen atoms in total. The first-order valence-corrected chi connectivity index (χ1v) is 7.46. The van der Waals surface area contributed by atoms with Gasteiger partial charge in [0.1, 0.15) is 11.7 Å². The summed E-state index contributed by atoms with van der Waals surface area (Å²) in [6, 6.07) is -0.555. The van der Waals surface area contributed by atoms with Crippen molar-refractivity contribution in [2.75, 3.05) is 6.26 Å². The van der Waals surface area contributed by atoms with Crippen molar-refractivity contribution >= 4 is 38.7 Å². The van der Waals surface area contributed by atoms with E-state index >= 15 is 0 Å². The highest BCUT2D eigenvalue weighted by Crippen LogP contribution is 2.31. The number of hydrogen-bond donors (Lipinski definition) is 0. The first-order chi connectivity index (χ1) is 9.25. The molecule has 0 aromatic carbocycles. The Morgan fingerprint density at radius 3 is 2.65 bits per heavy atom. The van der Waals surface area contributed by atoms with Crippen molar-refractivity contribution in [3.63, 3.8) is 0 Å². The minimum absolute atomic E-state index is 0.0256. The first-order valence-electron chi connectivity index (χ1n) is 5.44. The molecule has 0 radical (unpaired) electrons. The zero-order valence-electron chi connectivity index (χ0n) is 10.4. The molecule has 0 aliphatic rings. The Labute approximate surface area is 124 Å². The number of rotatable bonds is 2. The van der Waals surface area contributed by atoms with Crippen LogP contribution in [0.4, 0.5) is 13.2 Å². The number of hydrogen-bond acceptors (Lipinski definition) is 4. The van der Waals surface area contributed by atoms with Crippen LogP contribution in [0.5, 0.6) is 0 Å². The Morgan fingerprint density at radius 2 is 2.10 bits per heavy atom. The molecule has 0 bridgehead atoms. The molecule has 0 aliphatic heterocycles. The topological polar surface area (TPSA) is 47.8 Å². The molecule has 9 heteroatoms. The van der Waals surface area contributed by atoms with E-state index in [1.807, 2.05) is 0 Å². The summed E-state index contributed by atoms with van der Waals surface area (Å²) < 4.78 is 39.5. The van der Waals surface area contributed by atoms with Crippen LogP contribution in [-0.2, 0) is 0 Å². The molecule has 2 heterocycles. The zero-order valence-corrected chi connectivity index (χ0v) is 12.8. The van der Waals surface area contributed by atoms with Crippen molar-refractivity contribution in [1.29, 1.82) is 0 Å². The van der Waals surface area contributed by atoms with E-state index in [1.165, 1.54) is 24.0 Å². The van der Waals surface area contributed by atoms with Crippen molar-refractivity contribution in [3.8, 4) is 0 Å². The smallest absolute Gasteiger partial charge is 0.280 e. The van der Waals surface area contributed by atoms with Gasteiger partial charge in [-0.25, -0.2) is 9.97 Å². The number of alkyl halides is 3. The molecule has 0 amide bonds. The summed E-state index contributed by atoms with van der Waals surface area (Å²) in [6.45, 7) is 0.925. The number of nitrogens with zero attached hydrogens (tertiary/aromatic N) is 3. The van der Waals surface area contributed by atoms with Crippen LogP contribution in [-0.4, -0.2) is 27.0 Å². The summed E-state index contributed by atoms with van der Waals surface area (Å²) in [5, 5.41) is 0.674. The van der Waals surface area contributed by atoms with E-state index in [9.17, 15) is 18.0 Å². The van der Waals surface area contributed by atoms with Crippen molar-refractivity contribution < 1.29 is 13.2 Å². The van der Waals surface area contributed by atoms with Crippen LogP contribution in [0.15, 0.2) is 26.7 Å². The van der Waals surface area contributed by atoms with Crippen LogP contribution >= 0.6 is 27.7 Å². The van der Waals surface area contributed by atoms with Gasteiger partial charge in [0, 0.05) is 11.6 Å². The van der Waals surface area contributed by atoms with E-state index in [0.717, 1.165) is 6.92 Å². The number of halogens is 4. The minimum Gasteiger partial charge on any atom is -0.280 e. The molecule has 0 spiro atoms. The predicted octanol–water partition coefficient (Wildman–Crippen LogP) is 3.40. The third kappa shape index (κ3) is 2.69. The second-order valence-corrected chi connectivity index (χ2v) is 5.65. The maximum Gasteiger partial charge on any atom is 0.409 e. The first kappa shape index (κ1) is 15.3. The molecule has 0 fully saturated rings. The lowest BCUT2D eigenvalue weighted by atomic mass is 10.2. The van der Waals surface area contributed by atoms with Crippen molar-refractivity contribution in [3.05, 3.63) is 27.1 Å². The normalized spacial score (nSPS) is 13.7. The average Bonchev–Trinajstić information content (AvgIpc) is 2.38. The van der Waals surface area contributed by atoms with Gasteiger partial charge in [0.15, 0.2) is 5.16 Å². The van der Waals surface area contributed by atoms with Gasteiger partial charge in [0.05, 0.1) is 4.47 Å².